The minimum atomic E-state index is -3.09. The molecular weight excluding hydrogens is 222 g/mol. The number of hydrogen-bond donors (Lipinski definition) is 0. The molecule has 0 N–H and O–H groups in total. The van der Waals surface area contributed by atoms with Gasteiger partial charge in [-0.1, -0.05) is 34.6 Å². The van der Waals surface area contributed by atoms with E-state index >= 15 is 0 Å². The molecule has 0 fully saturated rings. The fraction of sp³-hybridized carbons (Fsp3) is 0.583. The topological polar surface area (TPSA) is 47.0 Å². The average Bonchev–Trinajstić information content (AvgIpc) is 2.33. The number of aromatic nitrogens is 1. The van der Waals surface area contributed by atoms with E-state index in [2.05, 4.69) is 4.98 Å². The van der Waals surface area contributed by atoms with Crippen LogP contribution in [-0.4, -0.2) is 19.7 Å². The molecule has 0 saturated carbocycles. The van der Waals surface area contributed by atoms with Gasteiger partial charge in [-0.3, -0.25) is 4.98 Å². The predicted octanol–water partition coefficient (Wildman–Crippen LogP) is 3.10. The van der Waals surface area contributed by atoms with Crippen LogP contribution in [0.4, 0.5) is 0 Å². The van der Waals surface area contributed by atoms with Crippen molar-refractivity contribution in [3.8, 4) is 0 Å². The summed E-state index contributed by atoms with van der Waals surface area (Å²) < 4.78 is 22.0. The monoisotopic (exact) mass is 245 g/mol. The van der Waals surface area contributed by atoms with Gasteiger partial charge in [-0.2, -0.15) is 0 Å². The van der Waals surface area contributed by atoms with Crippen molar-refractivity contribution in [1.82, 2.24) is 4.98 Å². The highest BCUT2D eigenvalue weighted by atomic mass is 32.2. The Morgan fingerprint density at radius 1 is 1.12 bits per heavy atom. The quantitative estimate of drug-likeness (QED) is 0.804. The lowest BCUT2D eigenvalue weighted by molar-refractivity contribution is 0.601. The summed E-state index contributed by atoms with van der Waals surface area (Å²) in [6.45, 7) is 9.97. The fourth-order valence-corrected chi connectivity index (χ4v) is 1.40. The van der Waals surface area contributed by atoms with Gasteiger partial charge in [-0.05, 0) is 18.6 Å². The van der Waals surface area contributed by atoms with E-state index in [1.165, 1.54) is 12.5 Å². The smallest absolute Gasteiger partial charge is 0.177 e. The zero-order valence-corrected chi connectivity index (χ0v) is 11.9. The van der Waals surface area contributed by atoms with Crippen molar-refractivity contribution in [2.45, 2.75) is 45.9 Å². The average molecular weight is 245 g/mol. The summed E-state index contributed by atoms with van der Waals surface area (Å²) in [5.41, 5.74) is 0.905. The normalized spacial score (nSPS) is 9.38. The molecule has 0 aliphatic carbocycles. The number of pyridine rings is 1. The van der Waals surface area contributed by atoms with Gasteiger partial charge in [0.15, 0.2) is 9.84 Å². The van der Waals surface area contributed by atoms with Gasteiger partial charge in [0, 0.05) is 18.1 Å². The van der Waals surface area contributed by atoms with Gasteiger partial charge >= 0.3 is 0 Å². The van der Waals surface area contributed by atoms with Crippen molar-refractivity contribution in [3.05, 3.63) is 24.0 Å². The second-order valence-electron chi connectivity index (χ2n) is 2.61. The van der Waals surface area contributed by atoms with E-state index in [1.54, 1.807) is 12.1 Å². The van der Waals surface area contributed by atoms with Crippen molar-refractivity contribution in [2.24, 2.45) is 0 Å². The third-order valence-electron chi connectivity index (χ3n) is 1.59. The summed E-state index contributed by atoms with van der Waals surface area (Å²) in [5.74, 6) is 0. The Morgan fingerprint density at radius 3 is 1.88 bits per heavy atom. The third-order valence-corrected chi connectivity index (χ3v) is 2.69. The second-order valence-corrected chi connectivity index (χ2v) is 4.63. The fourth-order valence-electron chi connectivity index (χ4n) is 0.839. The first-order valence-corrected chi connectivity index (χ1v) is 7.58. The lowest BCUT2D eigenvalue weighted by Gasteiger charge is -1.98. The van der Waals surface area contributed by atoms with E-state index in [9.17, 15) is 8.42 Å². The Bertz CT molecular complexity index is 355. The Morgan fingerprint density at radius 2 is 1.62 bits per heavy atom. The van der Waals surface area contributed by atoms with Gasteiger partial charge in [0.25, 0.3) is 0 Å². The van der Waals surface area contributed by atoms with Crippen molar-refractivity contribution < 1.29 is 8.42 Å². The van der Waals surface area contributed by atoms with Crippen LogP contribution in [0, 0.1) is 0 Å². The standard InChI is InChI=1S/C8H11NO2S.2C2H6/c1-3-7-4-5-8(6-9-7)12(2,10)11;2*1-2/h4-6H,3H2,1-2H3;2*1-2H3. The molecule has 1 rings (SSSR count). The Hall–Kier alpha value is -0.900. The highest BCUT2D eigenvalue weighted by molar-refractivity contribution is 7.90. The maximum absolute atomic E-state index is 11.0. The van der Waals surface area contributed by atoms with Crippen molar-refractivity contribution >= 4 is 9.84 Å². The molecule has 3 nitrogen and oxygen atoms in total. The molecule has 0 amide bonds. The van der Waals surface area contributed by atoms with E-state index < -0.39 is 9.84 Å². The molecule has 0 radical (unpaired) electrons. The minimum absolute atomic E-state index is 0.278. The molecule has 0 atom stereocenters. The van der Waals surface area contributed by atoms with Crippen molar-refractivity contribution in [1.29, 1.82) is 0 Å². The molecule has 0 aliphatic rings. The van der Waals surface area contributed by atoms with E-state index in [4.69, 9.17) is 0 Å². The Balaban J connectivity index is 0. The van der Waals surface area contributed by atoms with E-state index in [0.29, 0.717) is 0 Å². The molecule has 1 aromatic heterocycles. The van der Waals surface area contributed by atoms with Crippen LogP contribution < -0.4 is 0 Å². The summed E-state index contributed by atoms with van der Waals surface area (Å²) in [5, 5.41) is 0. The maximum Gasteiger partial charge on any atom is 0.177 e. The molecule has 0 spiro atoms. The first-order chi connectivity index (χ1) is 7.54. The maximum atomic E-state index is 11.0. The van der Waals surface area contributed by atoms with Gasteiger partial charge in [0.05, 0.1) is 4.90 Å². The number of nitrogens with zero attached hydrogens (tertiary/aromatic N) is 1. The SMILES string of the molecule is CC.CC.CCc1ccc(S(C)(=O)=O)cn1. The highest BCUT2D eigenvalue weighted by Gasteiger charge is 2.05. The lowest BCUT2D eigenvalue weighted by atomic mass is 10.3. The second kappa shape index (κ2) is 9.33. The first-order valence-electron chi connectivity index (χ1n) is 5.69. The Kier molecular flexibility index (Phi) is 10.2. The van der Waals surface area contributed by atoms with Crippen LogP contribution >= 0.6 is 0 Å². The molecule has 94 valence electrons. The van der Waals surface area contributed by atoms with E-state index in [1.807, 2.05) is 34.6 Å². The number of sulfone groups is 1. The third kappa shape index (κ3) is 6.56. The van der Waals surface area contributed by atoms with Crippen LogP contribution in [0.15, 0.2) is 23.2 Å². The van der Waals surface area contributed by atoms with Crippen LogP contribution in [0.25, 0.3) is 0 Å². The van der Waals surface area contributed by atoms with Crippen LogP contribution in [0.3, 0.4) is 0 Å². The number of aryl methyl sites for hydroxylation is 1. The zero-order chi connectivity index (χ0) is 13.2. The summed E-state index contributed by atoms with van der Waals surface area (Å²) in [7, 11) is -3.09. The molecule has 0 unspecified atom stereocenters. The summed E-state index contributed by atoms with van der Waals surface area (Å²) in [4.78, 5) is 4.26. The summed E-state index contributed by atoms with van der Waals surface area (Å²) in [6.07, 6.45) is 3.40. The molecule has 0 bridgehead atoms. The first kappa shape index (κ1) is 17.5. The minimum Gasteiger partial charge on any atom is -0.260 e. The van der Waals surface area contributed by atoms with Gasteiger partial charge < -0.3 is 0 Å². The molecule has 0 aromatic carbocycles. The largest absolute Gasteiger partial charge is 0.260 e. The molecule has 0 saturated heterocycles. The molecule has 0 aliphatic heterocycles. The van der Waals surface area contributed by atoms with Gasteiger partial charge in [0.2, 0.25) is 0 Å². The summed E-state index contributed by atoms with van der Waals surface area (Å²) in [6, 6.07) is 3.32. The summed E-state index contributed by atoms with van der Waals surface area (Å²) >= 11 is 0. The molecular formula is C12H23NO2S. The molecule has 16 heavy (non-hydrogen) atoms. The van der Waals surface area contributed by atoms with Gasteiger partial charge in [0.1, 0.15) is 0 Å². The number of hydrogen-bond acceptors (Lipinski definition) is 3. The van der Waals surface area contributed by atoms with Crippen LogP contribution in [-0.2, 0) is 16.3 Å². The predicted molar refractivity (Wildman–Crippen MR) is 69.4 cm³/mol. The molecule has 4 heteroatoms. The number of rotatable bonds is 2. The van der Waals surface area contributed by atoms with Crippen molar-refractivity contribution in [2.75, 3.05) is 6.26 Å². The van der Waals surface area contributed by atoms with Crippen molar-refractivity contribution in [3.63, 3.8) is 0 Å². The Labute approximate surface area is 99.8 Å². The highest BCUT2D eigenvalue weighted by Crippen LogP contribution is 2.07. The van der Waals surface area contributed by atoms with E-state index in [-0.39, 0.29) is 4.90 Å². The van der Waals surface area contributed by atoms with Gasteiger partial charge in [-0.15, -0.1) is 0 Å². The molecule has 1 heterocycles. The van der Waals surface area contributed by atoms with E-state index in [0.717, 1.165) is 12.1 Å². The zero-order valence-electron chi connectivity index (χ0n) is 11.1. The lowest BCUT2D eigenvalue weighted by Crippen LogP contribution is -1.98. The van der Waals surface area contributed by atoms with Gasteiger partial charge in [-0.25, -0.2) is 8.42 Å². The molecule has 1 aromatic rings. The van der Waals surface area contributed by atoms with Crippen LogP contribution in [0.2, 0.25) is 0 Å². The van der Waals surface area contributed by atoms with Crippen LogP contribution in [0.5, 0.6) is 0 Å². The van der Waals surface area contributed by atoms with Crippen LogP contribution in [0.1, 0.15) is 40.3 Å².